The van der Waals surface area contributed by atoms with Crippen molar-refractivity contribution in [2.45, 2.75) is 13.0 Å². The Hall–Kier alpha value is -1.97. The minimum absolute atomic E-state index is 0.0288. The van der Waals surface area contributed by atoms with Gasteiger partial charge in [0.15, 0.2) is 0 Å². The summed E-state index contributed by atoms with van der Waals surface area (Å²) < 4.78 is 3.99. The Morgan fingerprint density at radius 2 is 1.95 bits per heavy atom. The minimum atomic E-state index is -1.16. The highest BCUT2D eigenvalue weighted by Gasteiger charge is 2.18. The SMILES string of the molecule is CNC(=NSC[C@@H](NC(C)=O)C(=O)O)N(C)CC(=O)O. The average Bonchev–Trinajstić information content (AvgIpc) is 2.31. The molecule has 0 heterocycles. The Bertz CT molecular complexity index is 401. The number of nitrogens with one attached hydrogen (secondary N) is 2. The second kappa shape index (κ2) is 9.02. The molecule has 1 amide bonds. The van der Waals surface area contributed by atoms with Gasteiger partial charge < -0.3 is 25.7 Å². The maximum Gasteiger partial charge on any atom is 0.327 e. The van der Waals surface area contributed by atoms with Crippen LogP contribution in [0.15, 0.2) is 4.40 Å². The first-order valence-corrected chi connectivity index (χ1v) is 6.52. The topological polar surface area (TPSA) is 131 Å². The van der Waals surface area contributed by atoms with Crippen LogP contribution >= 0.6 is 11.9 Å². The highest BCUT2D eigenvalue weighted by Crippen LogP contribution is 2.06. The molecule has 0 bridgehead atoms. The molecular formula is C10H18N4O5S. The van der Waals surface area contributed by atoms with Crippen LogP contribution in [0.3, 0.4) is 0 Å². The molecule has 0 spiro atoms. The van der Waals surface area contributed by atoms with E-state index in [0.29, 0.717) is 5.96 Å². The van der Waals surface area contributed by atoms with Gasteiger partial charge in [-0.25, -0.2) is 4.79 Å². The lowest BCUT2D eigenvalue weighted by molar-refractivity contribution is -0.140. The van der Waals surface area contributed by atoms with Gasteiger partial charge in [0.1, 0.15) is 12.6 Å². The van der Waals surface area contributed by atoms with Crippen LogP contribution in [-0.4, -0.2) is 71.4 Å². The number of carbonyl (C=O) groups excluding carboxylic acids is 1. The van der Waals surface area contributed by atoms with Crippen molar-refractivity contribution in [3.63, 3.8) is 0 Å². The number of aliphatic carboxylic acids is 2. The number of nitrogens with zero attached hydrogens (tertiary/aromatic N) is 2. The number of likely N-dealkylation sites (N-methyl/N-ethyl adjacent to an activating group) is 1. The molecule has 1 atom stereocenters. The Balaban J connectivity index is 4.52. The van der Waals surface area contributed by atoms with E-state index in [-0.39, 0.29) is 12.3 Å². The van der Waals surface area contributed by atoms with E-state index in [1.54, 1.807) is 7.05 Å². The third kappa shape index (κ3) is 7.46. The fourth-order valence-corrected chi connectivity index (χ4v) is 1.98. The predicted molar refractivity (Wildman–Crippen MR) is 74.5 cm³/mol. The molecule has 0 aliphatic heterocycles. The maximum absolute atomic E-state index is 10.9. The standard InChI is InChI=1S/C10H18N4O5S/c1-6(15)12-7(9(18)19)5-20-13-10(11-2)14(3)4-8(16)17/h7H,4-5H2,1-3H3,(H,11,13)(H,12,15)(H,16,17)(H,18,19)/t7-/m1/s1. The summed E-state index contributed by atoms with van der Waals surface area (Å²) in [6.45, 7) is 0.984. The van der Waals surface area contributed by atoms with E-state index in [1.807, 2.05) is 0 Å². The molecule has 20 heavy (non-hydrogen) atoms. The van der Waals surface area contributed by atoms with Crippen LogP contribution in [0.25, 0.3) is 0 Å². The first-order chi connectivity index (χ1) is 9.27. The van der Waals surface area contributed by atoms with Gasteiger partial charge in [-0.05, 0) is 11.9 Å². The Morgan fingerprint density at radius 3 is 2.35 bits per heavy atom. The second-order valence-electron chi connectivity index (χ2n) is 3.80. The summed E-state index contributed by atoms with van der Waals surface area (Å²) in [6, 6.07) is -1.05. The monoisotopic (exact) mass is 306 g/mol. The molecule has 10 heteroatoms. The summed E-state index contributed by atoms with van der Waals surface area (Å²) in [6.07, 6.45) is 0. The van der Waals surface area contributed by atoms with Crippen molar-refractivity contribution in [1.82, 2.24) is 15.5 Å². The van der Waals surface area contributed by atoms with E-state index in [0.717, 1.165) is 11.9 Å². The Kier molecular flexibility index (Phi) is 8.13. The van der Waals surface area contributed by atoms with Gasteiger partial charge in [-0.15, -0.1) is 0 Å². The van der Waals surface area contributed by atoms with Crippen LogP contribution in [0, 0.1) is 0 Å². The highest BCUT2D eigenvalue weighted by atomic mass is 32.2. The summed E-state index contributed by atoms with van der Waals surface area (Å²) >= 11 is 0.915. The van der Waals surface area contributed by atoms with E-state index in [4.69, 9.17) is 10.2 Å². The van der Waals surface area contributed by atoms with Gasteiger partial charge in [0, 0.05) is 26.8 Å². The number of carboxylic acids is 2. The number of carbonyl (C=O) groups is 3. The number of carboxylic acid groups (broad SMARTS) is 2. The summed E-state index contributed by atoms with van der Waals surface area (Å²) in [5.41, 5.74) is 0. The van der Waals surface area contributed by atoms with Gasteiger partial charge in [0.25, 0.3) is 0 Å². The average molecular weight is 306 g/mol. The first kappa shape index (κ1) is 18.0. The third-order valence-corrected chi connectivity index (χ3v) is 2.81. The minimum Gasteiger partial charge on any atom is -0.480 e. The van der Waals surface area contributed by atoms with Crippen molar-refractivity contribution >= 4 is 35.8 Å². The lowest BCUT2D eigenvalue weighted by Gasteiger charge is -2.18. The lowest BCUT2D eigenvalue weighted by Crippen LogP contribution is -2.42. The highest BCUT2D eigenvalue weighted by molar-refractivity contribution is 7.98. The number of guanidine groups is 1. The molecule has 0 saturated carbocycles. The first-order valence-electron chi connectivity index (χ1n) is 5.58. The van der Waals surface area contributed by atoms with Gasteiger partial charge in [-0.3, -0.25) is 9.59 Å². The molecule has 0 aliphatic rings. The molecule has 0 saturated heterocycles. The zero-order chi connectivity index (χ0) is 15.7. The molecule has 0 unspecified atom stereocenters. The normalized spacial score (nSPS) is 12.4. The largest absolute Gasteiger partial charge is 0.480 e. The van der Waals surface area contributed by atoms with E-state index < -0.39 is 23.9 Å². The molecule has 114 valence electrons. The van der Waals surface area contributed by atoms with E-state index in [9.17, 15) is 14.4 Å². The number of hydrogen-bond donors (Lipinski definition) is 4. The maximum atomic E-state index is 10.9. The number of amides is 1. The Morgan fingerprint density at radius 1 is 1.35 bits per heavy atom. The molecule has 9 nitrogen and oxygen atoms in total. The molecule has 0 rings (SSSR count). The molecule has 0 aliphatic carbocycles. The summed E-state index contributed by atoms with van der Waals surface area (Å²) in [7, 11) is 3.10. The van der Waals surface area contributed by atoms with Crippen molar-refractivity contribution < 1.29 is 24.6 Å². The molecule has 0 radical (unpaired) electrons. The molecule has 4 N–H and O–H groups in total. The fraction of sp³-hybridized carbons (Fsp3) is 0.600. The summed E-state index contributed by atoms with van der Waals surface area (Å²) in [5, 5.41) is 22.5. The molecule has 0 aromatic heterocycles. The smallest absolute Gasteiger partial charge is 0.327 e. The second-order valence-corrected chi connectivity index (χ2v) is 4.58. The van der Waals surface area contributed by atoms with Crippen LogP contribution in [0.4, 0.5) is 0 Å². The molecule has 0 fully saturated rings. The quantitative estimate of drug-likeness (QED) is 0.262. The molecule has 0 aromatic carbocycles. The van der Waals surface area contributed by atoms with Crippen LogP contribution in [0.5, 0.6) is 0 Å². The summed E-state index contributed by atoms with van der Waals surface area (Å²) in [5.74, 6) is -2.29. The van der Waals surface area contributed by atoms with Crippen molar-refractivity contribution in [3.05, 3.63) is 0 Å². The number of hydrogen-bond acceptors (Lipinski definition) is 5. The van der Waals surface area contributed by atoms with Crippen LogP contribution in [0.2, 0.25) is 0 Å². The van der Waals surface area contributed by atoms with Crippen molar-refractivity contribution in [1.29, 1.82) is 0 Å². The van der Waals surface area contributed by atoms with Gasteiger partial charge in [-0.2, -0.15) is 4.40 Å². The van der Waals surface area contributed by atoms with Crippen LogP contribution < -0.4 is 10.6 Å². The molecular weight excluding hydrogens is 288 g/mol. The van der Waals surface area contributed by atoms with Gasteiger partial charge in [0.2, 0.25) is 11.9 Å². The lowest BCUT2D eigenvalue weighted by atomic mass is 10.3. The van der Waals surface area contributed by atoms with Crippen LogP contribution in [0.1, 0.15) is 6.92 Å². The van der Waals surface area contributed by atoms with Gasteiger partial charge in [-0.1, -0.05) is 0 Å². The Labute approximate surface area is 120 Å². The van der Waals surface area contributed by atoms with Crippen molar-refractivity contribution in [2.75, 3.05) is 26.4 Å². The number of rotatable bonds is 7. The zero-order valence-electron chi connectivity index (χ0n) is 11.4. The van der Waals surface area contributed by atoms with Crippen LogP contribution in [-0.2, 0) is 14.4 Å². The van der Waals surface area contributed by atoms with E-state index in [2.05, 4.69) is 15.0 Å². The zero-order valence-corrected chi connectivity index (χ0v) is 12.2. The summed E-state index contributed by atoms with van der Waals surface area (Å²) in [4.78, 5) is 33.6. The van der Waals surface area contributed by atoms with Crippen molar-refractivity contribution in [2.24, 2.45) is 4.40 Å². The van der Waals surface area contributed by atoms with E-state index in [1.165, 1.54) is 18.9 Å². The van der Waals surface area contributed by atoms with Gasteiger partial charge in [0.05, 0.1) is 0 Å². The van der Waals surface area contributed by atoms with Gasteiger partial charge >= 0.3 is 11.9 Å². The van der Waals surface area contributed by atoms with E-state index >= 15 is 0 Å². The third-order valence-electron chi connectivity index (χ3n) is 2.03. The molecule has 0 aromatic rings. The van der Waals surface area contributed by atoms with Crippen molar-refractivity contribution in [3.8, 4) is 0 Å². The fourth-order valence-electron chi connectivity index (χ4n) is 1.18. The predicted octanol–water partition coefficient (Wildman–Crippen LogP) is -1.18.